The zero-order valence-corrected chi connectivity index (χ0v) is 6.60. The average Bonchev–Trinajstić information content (AvgIpc) is 2.38. The van der Waals surface area contributed by atoms with Crippen molar-refractivity contribution >= 4 is 7.14 Å². The predicted molar refractivity (Wildman–Crippen MR) is 38.3 cm³/mol. The van der Waals surface area contributed by atoms with Crippen LogP contribution in [0.3, 0.4) is 0 Å². The summed E-state index contributed by atoms with van der Waals surface area (Å²) in [6.07, 6.45) is 2.14. The van der Waals surface area contributed by atoms with Gasteiger partial charge in [-0.05, 0) is 19.1 Å². The van der Waals surface area contributed by atoms with E-state index in [1.165, 1.54) is 0 Å². The highest BCUT2D eigenvalue weighted by atomic mass is 31.2. The topological polar surface area (TPSA) is 29.6 Å². The number of rotatable bonds is 2. The largest absolute Gasteiger partial charge is 0.369 e. The Hall–Kier alpha value is -0.0700. The molecule has 0 saturated carbocycles. The second-order valence-corrected chi connectivity index (χ2v) is 5.81. The van der Waals surface area contributed by atoms with Gasteiger partial charge < -0.3 is 9.30 Å². The molecule has 1 fully saturated rings. The van der Waals surface area contributed by atoms with Gasteiger partial charge in [-0.15, -0.1) is 0 Å². The summed E-state index contributed by atoms with van der Waals surface area (Å²) < 4.78 is 15.9. The SMILES string of the molecule is CP(C)(=O)/C=C/C1CO1. The minimum atomic E-state index is -1.94. The highest BCUT2D eigenvalue weighted by Gasteiger charge is 2.18. The van der Waals surface area contributed by atoms with Crippen molar-refractivity contribution in [2.24, 2.45) is 0 Å². The van der Waals surface area contributed by atoms with E-state index in [2.05, 4.69) is 0 Å². The Labute approximate surface area is 55.3 Å². The number of epoxide rings is 1. The number of hydrogen-bond donors (Lipinski definition) is 0. The van der Waals surface area contributed by atoms with Crippen LogP contribution < -0.4 is 0 Å². The molecule has 2 nitrogen and oxygen atoms in total. The van der Waals surface area contributed by atoms with Crippen LogP contribution in [0.1, 0.15) is 0 Å². The Morgan fingerprint density at radius 3 is 2.56 bits per heavy atom. The summed E-state index contributed by atoms with van der Waals surface area (Å²) in [7, 11) is -1.94. The lowest BCUT2D eigenvalue weighted by Gasteiger charge is -1.93. The van der Waals surface area contributed by atoms with Gasteiger partial charge in [0.2, 0.25) is 0 Å². The van der Waals surface area contributed by atoms with Gasteiger partial charge in [-0.25, -0.2) is 0 Å². The normalized spacial score (nSPS) is 27.1. The van der Waals surface area contributed by atoms with Crippen molar-refractivity contribution in [3.8, 4) is 0 Å². The second kappa shape index (κ2) is 2.28. The molecule has 0 aromatic rings. The zero-order chi connectivity index (χ0) is 6.91. The fourth-order valence-electron chi connectivity index (χ4n) is 0.470. The maximum atomic E-state index is 11.0. The summed E-state index contributed by atoms with van der Waals surface area (Å²) in [4.78, 5) is 0. The molecule has 1 unspecified atom stereocenters. The monoisotopic (exact) mass is 146 g/mol. The second-order valence-electron chi connectivity index (χ2n) is 2.65. The molecule has 9 heavy (non-hydrogen) atoms. The van der Waals surface area contributed by atoms with Gasteiger partial charge in [-0.1, -0.05) is 6.08 Å². The molecule has 0 N–H and O–H groups in total. The Morgan fingerprint density at radius 2 is 2.22 bits per heavy atom. The van der Waals surface area contributed by atoms with E-state index >= 15 is 0 Å². The smallest absolute Gasteiger partial charge is 0.102 e. The van der Waals surface area contributed by atoms with E-state index in [9.17, 15) is 4.57 Å². The van der Waals surface area contributed by atoms with E-state index in [1.807, 2.05) is 6.08 Å². The Kier molecular flexibility index (Phi) is 1.78. The highest BCUT2D eigenvalue weighted by molar-refractivity contribution is 7.65. The van der Waals surface area contributed by atoms with Gasteiger partial charge in [0, 0.05) is 0 Å². The van der Waals surface area contributed by atoms with E-state index in [0.717, 1.165) is 6.61 Å². The van der Waals surface area contributed by atoms with Gasteiger partial charge in [0.25, 0.3) is 0 Å². The van der Waals surface area contributed by atoms with Crippen molar-refractivity contribution < 1.29 is 9.30 Å². The summed E-state index contributed by atoms with van der Waals surface area (Å²) in [6, 6.07) is 0. The third-order valence-corrected chi connectivity index (χ3v) is 1.91. The molecule has 1 saturated heterocycles. The third-order valence-electron chi connectivity index (χ3n) is 1.02. The Morgan fingerprint density at radius 1 is 1.67 bits per heavy atom. The first-order valence-corrected chi connectivity index (χ1v) is 5.60. The third kappa shape index (κ3) is 3.50. The molecule has 0 amide bonds. The minimum absolute atomic E-state index is 0.262. The Bertz CT molecular complexity index is 164. The van der Waals surface area contributed by atoms with Crippen molar-refractivity contribution in [2.45, 2.75) is 6.10 Å². The van der Waals surface area contributed by atoms with Gasteiger partial charge in [-0.3, -0.25) is 0 Å². The molecule has 0 radical (unpaired) electrons. The molecule has 52 valence electrons. The number of ether oxygens (including phenoxy) is 1. The standard InChI is InChI=1S/C6H11O2P/c1-9(2,7)4-3-6-5-8-6/h3-4,6H,5H2,1-2H3/b4-3+. The molecular weight excluding hydrogens is 135 g/mol. The quantitative estimate of drug-likeness (QED) is 0.436. The van der Waals surface area contributed by atoms with Crippen molar-refractivity contribution in [1.29, 1.82) is 0 Å². The highest BCUT2D eigenvalue weighted by Crippen LogP contribution is 2.38. The lowest BCUT2D eigenvalue weighted by atomic mass is 10.5. The van der Waals surface area contributed by atoms with E-state index in [1.54, 1.807) is 19.1 Å². The van der Waals surface area contributed by atoms with Crippen LogP contribution in [0, 0.1) is 0 Å². The van der Waals surface area contributed by atoms with Crippen molar-refractivity contribution in [2.75, 3.05) is 19.9 Å². The maximum absolute atomic E-state index is 11.0. The van der Waals surface area contributed by atoms with Gasteiger partial charge in [0.15, 0.2) is 0 Å². The lowest BCUT2D eigenvalue weighted by molar-refractivity contribution is 0.440. The summed E-state index contributed by atoms with van der Waals surface area (Å²) in [6.45, 7) is 4.29. The van der Waals surface area contributed by atoms with Crippen LogP contribution in [0.5, 0.6) is 0 Å². The summed E-state index contributed by atoms with van der Waals surface area (Å²) in [5.41, 5.74) is 0. The molecule has 0 aromatic carbocycles. The maximum Gasteiger partial charge on any atom is 0.102 e. The van der Waals surface area contributed by atoms with E-state index in [4.69, 9.17) is 4.74 Å². The van der Waals surface area contributed by atoms with Gasteiger partial charge in [0.1, 0.15) is 7.14 Å². The van der Waals surface area contributed by atoms with Crippen LogP contribution in [0.15, 0.2) is 11.9 Å². The number of hydrogen-bond acceptors (Lipinski definition) is 2. The van der Waals surface area contributed by atoms with Gasteiger partial charge in [0.05, 0.1) is 12.7 Å². The molecule has 1 heterocycles. The first-order chi connectivity index (χ1) is 4.08. The minimum Gasteiger partial charge on any atom is -0.369 e. The first-order valence-electron chi connectivity index (χ1n) is 2.93. The van der Waals surface area contributed by atoms with Gasteiger partial charge in [-0.2, -0.15) is 0 Å². The summed E-state index contributed by atoms with van der Waals surface area (Å²) in [5.74, 6) is 1.75. The van der Waals surface area contributed by atoms with E-state index in [-0.39, 0.29) is 6.10 Å². The van der Waals surface area contributed by atoms with Crippen molar-refractivity contribution in [3.05, 3.63) is 11.9 Å². The molecule has 3 heteroatoms. The molecule has 1 atom stereocenters. The molecule has 1 aliphatic heterocycles. The molecule has 0 spiro atoms. The lowest BCUT2D eigenvalue weighted by Crippen LogP contribution is -1.73. The molecule has 1 rings (SSSR count). The van der Waals surface area contributed by atoms with Crippen LogP contribution in [-0.2, 0) is 9.30 Å². The van der Waals surface area contributed by atoms with Crippen LogP contribution in [0.2, 0.25) is 0 Å². The van der Waals surface area contributed by atoms with Crippen LogP contribution in [0.25, 0.3) is 0 Å². The molecular formula is C6H11O2P. The zero-order valence-electron chi connectivity index (χ0n) is 5.70. The van der Waals surface area contributed by atoms with Crippen LogP contribution in [-0.4, -0.2) is 26.0 Å². The van der Waals surface area contributed by atoms with Crippen molar-refractivity contribution in [3.63, 3.8) is 0 Å². The predicted octanol–water partition coefficient (Wildman–Crippen LogP) is 1.52. The van der Waals surface area contributed by atoms with Gasteiger partial charge >= 0.3 is 0 Å². The van der Waals surface area contributed by atoms with Crippen LogP contribution in [0.4, 0.5) is 0 Å². The van der Waals surface area contributed by atoms with Crippen LogP contribution >= 0.6 is 7.14 Å². The summed E-state index contributed by atoms with van der Waals surface area (Å²) >= 11 is 0. The molecule has 0 aliphatic carbocycles. The van der Waals surface area contributed by atoms with E-state index < -0.39 is 7.14 Å². The molecule has 0 bridgehead atoms. The Balaban J connectivity index is 2.38. The molecule has 1 aliphatic rings. The average molecular weight is 146 g/mol. The van der Waals surface area contributed by atoms with E-state index in [0.29, 0.717) is 0 Å². The molecule has 0 aromatic heterocycles. The first kappa shape index (κ1) is 7.04. The van der Waals surface area contributed by atoms with Crippen molar-refractivity contribution in [1.82, 2.24) is 0 Å². The fourth-order valence-corrected chi connectivity index (χ4v) is 1.08. The summed E-state index contributed by atoms with van der Waals surface area (Å²) in [5, 5.41) is 0. The fraction of sp³-hybridized carbons (Fsp3) is 0.667.